The highest BCUT2D eigenvalue weighted by molar-refractivity contribution is 7.89. The first kappa shape index (κ1) is 30.7. The first-order chi connectivity index (χ1) is 20.5. The summed E-state index contributed by atoms with van der Waals surface area (Å²) >= 11 is 0. The van der Waals surface area contributed by atoms with Crippen molar-refractivity contribution in [3.63, 3.8) is 0 Å². The number of amides is 3. The maximum Gasteiger partial charge on any atom is 0.324 e. The highest BCUT2D eigenvalue weighted by atomic mass is 32.2. The fraction of sp³-hybridized carbons (Fsp3) is 0.519. The predicted octanol–water partition coefficient (Wildman–Crippen LogP) is 2.49. The Morgan fingerprint density at radius 1 is 1.02 bits per heavy atom. The summed E-state index contributed by atoms with van der Waals surface area (Å²) < 4.78 is 48.2. The van der Waals surface area contributed by atoms with Gasteiger partial charge in [0.05, 0.1) is 12.0 Å². The minimum atomic E-state index is -3.86. The van der Waals surface area contributed by atoms with Crippen molar-refractivity contribution in [2.75, 3.05) is 23.7 Å². The Kier molecular flexibility index (Phi) is 8.94. The van der Waals surface area contributed by atoms with Crippen LogP contribution >= 0.6 is 0 Å². The van der Waals surface area contributed by atoms with Crippen LogP contribution in [0.1, 0.15) is 53.2 Å². The molecule has 0 spiro atoms. The molecule has 2 saturated heterocycles. The number of hydrogen-bond acceptors (Lipinski definition) is 10. The number of nitrogens with one attached hydrogen (secondary N) is 4. The van der Waals surface area contributed by atoms with Gasteiger partial charge in [0.1, 0.15) is 23.4 Å². The number of aromatic nitrogens is 4. The summed E-state index contributed by atoms with van der Waals surface area (Å²) in [5, 5.41) is 7.98. The van der Waals surface area contributed by atoms with Gasteiger partial charge in [-0.15, -0.1) is 0 Å². The Bertz CT molecular complexity index is 1590. The van der Waals surface area contributed by atoms with Crippen molar-refractivity contribution < 1.29 is 32.2 Å². The number of sulfonamides is 1. The number of carbonyl (C=O) groups excluding carboxylic acids is 2. The number of ether oxygens (including phenoxy) is 3. The van der Waals surface area contributed by atoms with Crippen molar-refractivity contribution in [3.05, 3.63) is 36.9 Å². The van der Waals surface area contributed by atoms with E-state index in [2.05, 4.69) is 35.6 Å². The van der Waals surface area contributed by atoms with Gasteiger partial charge in [0.2, 0.25) is 10.0 Å². The number of anilines is 2. The third-order valence-electron chi connectivity index (χ3n) is 7.00. The number of unbranched alkanes of at least 4 members (excludes halogenated alkanes) is 2. The smallest absolute Gasteiger partial charge is 0.324 e. The number of fused-ring (bicyclic) bond motifs is 2. The van der Waals surface area contributed by atoms with Gasteiger partial charge in [0.15, 0.2) is 35.1 Å². The zero-order chi connectivity index (χ0) is 30.8. The fourth-order valence-corrected chi connectivity index (χ4v) is 6.38. The molecule has 5 rings (SSSR count). The number of carbonyl (C=O) groups is 2. The second kappa shape index (κ2) is 12.5. The molecule has 0 bridgehead atoms. The molecule has 4 heterocycles. The minimum absolute atomic E-state index is 0.0601. The Hall–Kier alpha value is -3.70. The average molecular weight is 617 g/mol. The van der Waals surface area contributed by atoms with Crippen molar-refractivity contribution in [1.29, 1.82) is 0 Å². The van der Waals surface area contributed by atoms with Crippen molar-refractivity contribution in [1.82, 2.24) is 29.6 Å². The molecule has 0 saturated carbocycles. The van der Waals surface area contributed by atoms with Gasteiger partial charge in [-0.2, -0.15) is 0 Å². The standard InChI is InChI=1S/C27H36N8O7S/c1-5-7-10-13-32-43(38,39)17-12-9-8-11-16(17)33-26(37)34-22-18-23(30-14-29-22)35(15-31-18)25-21-19(41-27(3,4)42-21)20(40-25)24(36)28-6-2/h8-9,11-12,14-15,19-21,25,32H,5-7,10,13H2,1-4H3,(H,28,36)(H2,29,30,33,34,37)/t19?,20-,21?,25+/m0/s1. The average Bonchev–Trinajstić information content (AvgIpc) is 3.62. The second-order valence-electron chi connectivity index (χ2n) is 10.6. The summed E-state index contributed by atoms with van der Waals surface area (Å²) in [4.78, 5) is 38.6. The van der Waals surface area contributed by atoms with Crippen molar-refractivity contribution in [3.8, 4) is 0 Å². The molecule has 2 aliphatic heterocycles. The van der Waals surface area contributed by atoms with E-state index in [1.165, 1.54) is 24.8 Å². The number of hydrogen-bond donors (Lipinski definition) is 4. The highest BCUT2D eigenvalue weighted by Crippen LogP contribution is 2.44. The molecule has 43 heavy (non-hydrogen) atoms. The van der Waals surface area contributed by atoms with Crippen LogP contribution in [0, 0.1) is 0 Å². The van der Waals surface area contributed by atoms with Crippen LogP contribution in [0.4, 0.5) is 16.3 Å². The molecule has 16 heteroatoms. The molecule has 2 fully saturated rings. The van der Waals surface area contributed by atoms with Crippen molar-refractivity contribution in [2.45, 2.75) is 82.2 Å². The van der Waals surface area contributed by atoms with Gasteiger partial charge in [0.25, 0.3) is 5.91 Å². The van der Waals surface area contributed by atoms with E-state index in [1.807, 2.05) is 13.8 Å². The summed E-state index contributed by atoms with van der Waals surface area (Å²) in [6.07, 6.45) is 2.26. The van der Waals surface area contributed by atoms with E-state index < -0.39 is 46.4 Å². The van der Waals surface area contributed by atoms with Crippen molar-refractivity contribution in [2.24, 2.45) is 0 Å². The number of rotatable bonds is 11. The Morgan fingerprint density at radius 2 is 1.79 bits per heavy atom. The van der Waals surface area contributed by atoms with Gasteiger partial charge in [0, 0.05) is 13.1 Å². The van der Waals surface area contributed by atoms with E-state index in [0.717, 1.165) is 12.8 Å². The third-order valence-corrected chi connectivity index (χ3v) is 8.52. The van der Waals surface area contributed by atoms with E-state index in [4.69, 9.17) is 14.2 Å². The minimum Gasteiger partial charge on any atom is -0.354 e. The van der Waals surface area contributed by atoms with Crippen LogP contribution in [-0.2, 0) is 29.0 Å². The van der Waals surface area contributed by atoms with Gasteiger partial charge in [-0.25, -0.2) is 32.9 Å². The number of nitrogens with zero attached hydrogens (tertiary/aromatic N) is 4. The lowest BCUT2D eigenvalue weighted by Crippen LogP contribution is -2.42. The number of imidazole rings is 1. The molecule has 2 aliphatic rings. The first-order valence-corrected chi connectivity index (χ1v) is 15.7. The summed E-state index contributed by atoms with van der Waals surface area (Å²) in [7, 11) is -3.86. The van der Waals surface area contributed by atoms with Gasteiger partial charge in [-0.1, -0.05) is 31.9 Å². The van der Waals surface area contributed by atoms with E-state index in [9.17, 15) is 18.0 Å². The Balaban J connectivity index is 1.35. The van der Waals surface area contributed by atoms with Gasteiger partial charge in [-0.05, 0) is 39.3 Å². The number of benzene rings is 1. The molecule has 232 valence electrons. The largest absolute Gasteiger partial charge is 0.354 e. The van der Waals surface area contributed by atoms with E-state index in [-0.39, 0.29) is 27.8 Å². The normalized spacial score (nSPS) is 22.8. The summed E-state index contributed by atoms with van der Waals surface area (Å²) in [6.45, 7) is 8.09. The van der Waals surface area contributed by atoms with Crippen LogP contribution in [0.2, 0.25) is 0 Å². The second-order valence-corrected chi connectivity index (χ2v) is 12.4. The van der Waals surface area contributed by atoms with Crippen LogP contribution < -0.4 is 20.7 Å². The fourth-order valence-electron chi connectivity index (χ4n) is 5.14. The molecule has 4 N–H and O–H groups in total. The van der Waals surface area contributed by atoms with Gasteiger partial charge in [-0.3, -0.25) is 14.7 Å². The monoisotopic (exact) mass is 616 g/mol. The molecule has 0 radical (unpaired) electrons. The van der Waals surface area contributed by atoms with Crippen LogP contribution in [0.25, 0.3) is 11.2 Å². The maximum atomic E-state index is 13.0. The SMILES string of the molecule is CCCCCNS(=O)(=O)c1ccccc1NC(=O)Nc1ncnc2c1ncn2[C@@H]1O[C@H](C(=O)NCC)C2OC(C)(C)OC21. The number of likely N-dealkylation sites (N-methyl/N-ethyl adjacent to an activating group) is 1. The molecule has 3 aromatic rings. The van der Waals surface area contributed by atoms with E-state index >= 15 is 0 Å². The topological polar surface area (TPSA) is 188 Å². The zero-order valence-electron chi connectivity index (χ0n) is 24.4. The molecular weight excluding hydrogens is 580 g/mol. The molecule has 15 nitrogen and oxygen atoms in total. The lowest BCUT2D eigenvalue weighted by molar-refractivity contribution is -0.197. The van der Waals surface area contributed by atoms with Crippen LogP contribution in [0.3, 0.4) is 0 Å². The molecule has 2 aromatic heterocycles. The molecule has 2 unspecified atom stereocenters. The third kappa shape index (κ3) is 6.47. The highest BCUT2D eigenvalue weighted by Gasteiger charge is 2.58. The summed E-state index contributed by atoms with van der Waals surface area (Å²) in [5.41, 5.74) is 0.663. The van der Waals surface area contributed by atoms with Crippen LogP contribution in [-0.4, -0.2) is 77.1 Å². The van der Waals surface area contributed by atoms with Gasteiger partial charge >= 0.3 is 6.03 Å². The molecular formula is C27H36N8O7S. The van der Waals surface area contributed by atoms with Gasteiger partial charge < -0.3 is 24.8 Å². The lowest BCUT2D eigenvalue weighted by Gasteiger charge is -2.24. The molecule has 4 atom stereocenters. The molecule has 1 aromatic carbocycles. The quantitative estimate of drug-likeness (QED) is 0.233. The first-order valence-electron chi connectivity index (χ1n) is 14.2. The summed E-state index contributed by atoms with van der Waals surface area (Å²) in [6, 6.07) is 5.38. The molecule has 3 amide bonds. The van der Waals surface area contributed by atoms with Crippen molar-refractivity contribution >= 4 is 44.6 Å². The van der Waals surface area contributed by atoms with Crippen LogP contribution in [0.15, 0.2) is 41.8 Å². The number of para-hydroxylation sites is 1. The lowest BCUT2D eigenvalue weighted by atomic mass is 10.1. The molecule has 0 aliphatic carbocycles. The summed E-state index contributed by atoms with van der Waals surface area (Å²) in [5.74, 6) is -1.18. The maximum absolute atomic E-state index is 13.0. The predicted molar refractivity (Wildman–Crippen MR) is 156 cm³/mol. The van der Waals surface area contributed by atoms with Crippen LogP contribution in [0.5, 0.6) is 0 Å². The van der Waals surface area contributed by atoms with E-state index in [1.54, 1.807) is 30.5 Å². The number of urea groups is 1. The Labute approximate surface area is 249 Å². The van der Waals surface area contributed by atoms with E-state index in [0.29, 0.717) is 25.2 Å². The zero-order valence-corrected chi connectivity index (χ0v) is 25.2. The Morgan fingerprint density at radius 3 is 2.56 bits per heavy atom.